The molecule has 1 heterocycles. The van der Waals surface area contributed by atoms with Gasteiger partial charge < -0.3 is 4.74 Å². The van der Waals surface area contributed by atoms with E-state index in [0.29, 0.717) is 13.2 Å². The average molecular weight is 243 g/mol. The smallest absolute Gasteiger partial charge is 0.149 e. The second kappa shape index (κ2) is 5.81. The van der Waals surface area contributed by atoms with Gasteiger partial charge in [-0.1, -0.05) is 18.1 Å². The van der Waals surface area contributed by atoms with E-state index in [2.05, 4.69) is 10.8 Å². The van der Waals surface area contributed by atoms with Crippen LogP contribution in [0.2, 0.25) is 0 Å². The molecule has 1 aromatic rings. The van der Waals surface area contributed by atoms with Crippen LogP contribution in [0.5, 0.6) is 0 Å². The van der Waals surface area contributed by atoms with E-state index < -0.39 is 0 Å². The molecule has 0 spiro atoms. The Balaban J connectivity index is 2.06. The Labute approximate surface area is 108 Å². The Morgan fingerprint density at radius 1 is 1.50 bits per heavy atom. The van der Waals surface area contributed by atoms with E-state index in [4.69, 9.17) is 11.2 Å². The number of ether oxygens (including phenoxy) is 1. The van der Waals surface area contributed by atoms with Crippen molar-refractivity contribution in [2.45, 2.75) is 19.5 Å². The van der Waals surface area contributed by atoms with Crippen LogP contribution in [-0.4, -0.2) is 36.5 Å². The highest BCUT2D eigenvalue weighted by atomic mass is 16.5. The molecule has 1 aliphatic heterocycles. The molecule has 0 aromatic heterocycles. The Hall–Kier alpha value is -1.63. The van der Waals surface area contributed by atoms with Crippen LogP contribution < -0.4 is 0 Å². The lowest BCUT2D eigenvalue weighted by Crippen LogP contribution is -2.48. The summed E-state index contributed by atoms with van der Waals surface area (Å²) in [6.07, 6.45) is 5.32. The summed E-state index contributed by atoms with van der Waals surface area (Å²) in [6, 6.07) is 7.77. The van der Waals surface area contributed by atoms with Gasteiger partial charge in [0.2, 0.25) is 0 Å². The molecule has 0 saturated carbocycles. The quantitative estimate of drug-likeness (QED) is 0.753. The molecule has 2 rings (SSSR count). The number of hydrogen-bond acceptors (Lipinski definition) is 3. The van der Waals surface area contributed by atoms with Gasteiger partial charge in [-0.2, -0.15) is 0 Å². The highest BCUT2D eigenvalue weighted by molar-refractivity contribution is 5.81. The molecule has 1 unspecified atom stereocenters. The second-order valence-corrected chi connectivity index (χ2v) is 4.51. The fraction of sp³-hybridized carbons (Fsp3) is 0.400. The van der Waals surface area contributed by atoms with E-state index in [0.717, 1.165) is 18.7 Å². The molecule has 1 saturated heterocycles. The molecule has 1 fully saturated rings. The van der Waals surface area contributed by atoms with Crippen LogP contribution in [0.25, 0.3) is 0 Å². The predicted molar refractivity (Wildman–Crippen MR) is 70.1 cm³/mol. The molecule has 1 aliphatic rings. The summed E-state index contributed by atoms with van der Waals surface area (Å²) in [5.41, 5.74) is 2.05. The van der Waals surface area contributed by atoms with E-state index >= 15 is 0 Å². The fourth-order valence-corrected chi connectivity index (χ4v) is 2.14. The number of ketones is 1. The van der Waals surface area contributed by atoms with Crippen molar-refractivity contribution in [1.29, 1.82) is 0 Å². The molecular formula is C15H17NO2. The van der Waals surface area contributed by atoms with Gasteiger partial charge in [-0.15, -0.1) is 6.42 Å². The largest absolute Gasteiger partial charge is 0.378 e. The minimum Gasteiger partial charge on any atom is -0.378 e. The van der Waals surface area contributed by atoms with Gasteiger partial charge in [0.1, 0.15) is 5.78 Å². The first-order valence-corrected chi connectivity index (χ1v) is 6.08. The summed E-state index contributed by atoms with van der Waals surface area (Å²) in [4.78, 5) is 13.7. The zero-order chi connectivity index (χ0) is 13.0. The zero-order valence-corrected chi connectivity index (χ0v) is 10.6. The van der Waals surface area contributed by atoms with Crippen LogP contribution in [0.4, 0.5) is 0 Å². The number of rotatable bonds is 3. The lowest BCUT2D eigenvalue weighted by atomic mass is 10.1. The summed E-state index contributed by atoms with van der Waals surface area (Å²) in [5, 5.41) is 0. The maximum absolute atomic E-state index is 11.6. The summed E-state index contributed by atoms with van der Waals surface area (Å²) >= 11 is 0. The Morgan fingerprint density at radius 2 is 2.22 bits per heavy atom. The molecular weight excluding hydrogens is 226 g/mol. The van der Waals surface area contributed by atoms with Crippen molar-refractivity contribution in [3.63, 3.8) is 0 Å². The highest BCUT2D eigenvalue weighted by Crippen LogP contribution is 2.13. The molecule has 1 atom stereocenters. The summed E-state index contributed by atoms with van der Waals surface area (Å²) in [7, 11) is 0. The van der Waals surface area contributed by atoms with Crippen LogP contribution in [0, 0.1) is 12.3 Å². The van der Waals surface area contributed by atoms with Crippen molar-refractivity contribution in [2.75, 3.05) is 19.8 Å². The molecule has 1 aromatic carbocycles. The molecule has 0 N–H and O–H groups in total. The molecule has 0 aliphatic carbocycles. The first kappa shape index (κ1) is 12.8. The standard InChI is InChI=1S/C15H17NO2/c1-3-13-4-6-14(7-5-13)10-16-8-9-18-11-15(16)12(2)17/h1,4-7,15H,8-11H2,2H3. The van der Waals surface area contributed by atoms with Gasteiger partial charge in [0.05, 0.1) is 19.3 Å². The molecule has 3 heteroatoms. The lowest BCUT2D eigenvalue weighted by Gasteiger charge is -2.33. The number of carbonyl (C=O) groups is 1. The van der Waals surface area contributed by atoms with Crippen LogP contribution >= 0.6 is 0 Å². The minimum absolute atomic E-state index is 0.119. The first-order chi connectivity index (χ1) is 8.70. The topological polar surface area (TPSA) is 29.5 Å². The van der Waals surface area contributed by atoms with Crippen molar-refractivity contribution < 1.29 is 9.53 Å². The Morgan fingerprint density at radius 3 is 2.83 bits per heavy atom. The van der Waals surface area contributed by atoms with Crippen molar-refractivity contribution in [3.8, 4) is 12.3 Å². The van der Waals surface area contributed by atoms with Crippen LogP contribution in [-0.2, 0) is 16.1 Å². The molecule has 0 radical (unpaired) electrons. The second-order valence-electron chi connectivity index (χ2n) is 4.51. The van der Waals surface area contributed by atoms with E-state index in [-0.39, 0.29) is 11.8 Å². The van der Waals surface area contributed by atoms with Crippen molar-refractivity contribution in [1.82, 2.24) is 4.90 Å². The maximum Gasteiger partial charge on any atom is 0.149 e. The lowest BCUT2D eigenvalue weighted by molar-refractivity contribution is -0.128. The van der Waals surface area contributed by atoms with Gasteiger partial charge >= 0.3 is 0 Å². The number of benzene rings is 1. The number of hydrogen-bond donors (Lipinski definition) is 0. The van der Waals surface area contributed by atoms with Gasteiger partial charge in [-0.3, -0.25) is 9.69 Å². The minimum atomic E-state index is -0.119. The van der Waals surface area contributed by atoms with Gasteiger partial charge in [0.15, 0.2) is 0 Å². The first-order valence-electron chi connectivity index (χ1n) is 6.08. The predicted octanol–water partition coefficient (Wildman–Crippen LogP) is 1.46. The SMILES string of the molecule is C#Cc1ccc(CN2CCOCC2C(C)=O)cc1. The number of Topliss-reactive ketones (excluding diaryl/α,β-unsaturated/α-hetero) is 1. The van der Waals surface area contributed by atoms with Gasteiger partial charge in [0.25, 0.3) is 0 Å². The number of morpholine rings is 1. The van der Waals surface area contributed by atoms with Crippen LogP contribution in [0.15, 0.2) is 24.3 Å². The average Bonchev–Trinajstić information content (AvgIpc) is 2.40. The van der Waals surface area contributed by atoms with Crippen molar-refractivity contribution in [2.24, 2.45) is 0 Å². The third-order valence-corrected chi connectivity index (χ3v) is 3.21. The zero-order valence-electron chi connectivity index (χ0n) is 10.6. The van der Waals surface area contributed by atoms with Gasteiger partial charge in [0, 0.05) is 18.7 Å². The van der Waals surface area contributed by atoms with E-state index in [9.17, 15) is 4.79 Å². The third-order valence-electron chi connectivity index (χ3n) is 3.21. The summed E-state index contributed by atoms with van der Waals surface area (Å²) in [5.74, 6) is 2.76. The fourth-order valence-electron chi connectivity index (χ4n) is 2.14. The van der Waals surface area contributed by atoms with Gasteiger partial charge in [-0.05, 0) is 24.6 Å². The van der Waals surface area contributed by atoms with Gasteiger partial charge in [-0.25, -0.2) is 0 Å². The van der Waals surface area contributed by atoms with Crippen LogP contribution in [0.3, 0.4) is 0 Å². The van der Waals surface area contributed by atoms with E-state index in [1.165, 1.54) is 5.56 Å². The number of nitrogens with zero attached hydrogens (tertiary/aromatic N) is 1. The maximum atomic E-state index is 11.6. The third kappa shape index (κ3) is 2.98. The van der Waals surface area contributed by atoms with E-state index in [1.807, 2.05) is 24.3 Å². The summed E-state index contributed by atoms with van der Waals surface area (Å²) < 4.78 is 5.36. The Kier molecular flexibility index (Phi) is 4.14. The molecule has 0 amide bonds. The van der Waals surface area contributed by atoms with Crippen molar-refractivity contribution >= 4 is 5.78 Å². The monoisotopic (exact) mass is 243 g/mol. The van der Waals surface area contributed by atoms with Crippen LogP contribution in [0.1, 0.15) is 18.1 Å². The molecule has 3 nitrogen and oxygen atoms in total. The molecule has 18 heavy (non-hydrogen) atoms. The summed E-state index contributed by atoms with van der Waals surface area (Å²) in [6.45, 7) is 4.36. The number of terminal acetylenes is 1. The van der Waals surface area contributed by atoms with E-state index in [1.54, 1.807) is 6.92 Å². The van der Waals surface area contributed by atoms with Crippen molar-refractivity contribution in [3.05, 3.63) is 35.4 Å². The Bertz CT molecular complexity index is 458. The number of carbonyl (C=O) groups excluding carboxylic acids is 1. The molecule has 94 valence electrons. The highest BCUT2D eigenvalue weighted by Gasteiger charge is 2.26. The normalized spacial score (nSPS) is 20.3. The molecule has 0 bridgehead atoms.